The third-order valence-corrected chi connectivity index (χ3v) is 4.50. The SMILES string of the molecule is O=C(c1cc(F)ccc1F)C1CNc2nccc(-c3cc(F)cc(F)c3)c21. The monoisotopic (exact) mass is 372 g/mol. The number of anilines is 1. The van der Waals surface area contributed by atoms with Gasteiger partial charge in [-0.3, -0.25) is 4.79 Å². The second-order valence-electron chi connectivity index (χ2n) is 6.20. The van der Waals surface area contributed by atoms with E-state index in [1.54, 1.807) is 0 Å². The highest BCUT2D eigenvalue weighted by Crippen LogP contribution is 2.40. The quantitative estimate of drug-likeness (QED) is 0.535. The average molecular weight is 372 g/mol. The molecular weight excluding hydrogens is 360 g/mol. The van der Waals surface area contributed by atoms with Crippen molar-refractivity contribution in [1.29, 1.82) is 0 Å². The third-order valence-electron chi connectivity index (χ3n) is 4.50. The van der Waals surface area contributed by atoms with Gasteiger partial charge in [-0.1, -0.05) is 0 Å². The first-order chi connectivity index (χ1) is 12.9. The first-order valence-electron chi connectivity index (χ1n) is 8.12. The van der Waals surface area contributed by atoms with Gasteiger partial charge in [0, 0.05) is 24.4 Å². The molecule has 136 valence electrons. The van der Waals surface area contributed by atoms with Crippen molar-refractivity contribution < 1.29 is 22.4 Å². The predicted octanol–water partition coefficient (Wildman–Crippen LogP) is 4.70. The summed E-state index contributed by atoms with van der Waals surface area (Å²) in [5, 5.41) is 2.94. The van der Waals surface area contributed by atoms with Crippen molar-refractivity contribution in [2.45, 2.75) is 5.92 Å². The highest BCUT2D eigenvalue weighted by Gasteiger charge is 2.34. The number of fused-ring (bicyclic) bond motifs is 1. The van der Waals surface area contributed by atoms with Gasteiger partial charge in [-0.15, -0.1) is 0 Å². The minimum absolute atomic E-state index is 0.117. The van der Waals surface area contributed by atoms with Crippen LogP contribution in [-0.4, -0.2) is 17.3 Å². The van der Waals surface area contributed by atoms with Crippen LogP contribution >= 0.6 is 0 Å². The fourth-order valence-corrected chi connectivity index (χ4v) is 3.33. The molecular formula is C20H12F4N2O. The Morgan fingerprint density at radius 3 is 2.44 bits per heavy atom. The van der Waals surface area contributed by atoms with E-state index in [0.717, 1.165) is 36.4 Å². The standard InChI is InChI=1S/C20H12F4N2O/c21-11-1-2-17(24)15(8-11)19(27)16-9-26-20-18(16)14(3-4-25-20)10-5-12(22)7-13(23)6-10/h1-8,16H,9H2,(H,25,26). The maximum atomic E-state index is 14.1. The number of nitrogens with one attached hydrogen (secondary N) is 1. The zero-order chi connectivity index (χ0) is 19.1. The van der Waals surface area contributed by atoms with Gasteiger partial charge in [-0.25, -0.2) is 22.5 Å². The lowest BCUT2D eigenvalue weighted by Gasteiger charge is -2.14. The van der Waals surface area contributed by atoms with E-state index in [4.69, 9.17) is 0 Å². The first-order valence-corrected chi connectivity index (χ1v) is 8.12. The van der Waals surface area contributed by atoms with Crippen molar-refractivity contribution in [3.8, 4) is 11.1 Å². The van der Waals surface area contributed by atoms with E-state index < -0.39 is 35.0 Å². The van der Waals surface area contributed by atoms with Crippen molar-refractivity contribution in [3.63, 3.8) is 0 Å². The van der Waals surface area contributed by atoms with E-state index in [0.29, 0.717) is 16.9 Å². The van der Waals surface area contributed by atoms with Crippen LogP contribution in [0.3, 0.4) is 0 Å². The van der Waals surface area contributed by atoms with E-state index in [9.17, 15) is 22.4 Å². The zero-order valence-corrected chi connectivity index (χ0v) is 13.8. The number of rotatable bonds is 3. The molecule has 1 unspecified atom stereocenters. The number of pyridine rings is 1. The lowest BCUT2D eigenvalue weighted by atomic mass is 9.88. The molecule has 3 aromatic rings. The maximum Gasteiger partial charge on any atom is 0.175 e. The Hall–Kier alpha value is -3.22. The van der Waals surface area contributed by atoms with Crippen molar-refractivity contribution >= 4 is 11.6 Å². The Bertz CT molecular complexity index is 1050. The Balaban J connectivity index is 1.84. The summed E-state index contributed by atoms with van der Waals surface area (Å²) in [5.41, 5.74) is 0.650. The molecule has 3 nitrogen and oxygen atoms in total. The smallest absolute Gasteiger partial charge is 0.175 e. The molecule has 0 amide bonds. The number of carbonyl (C=O) groups excluding carboxylic acids is 1. The largest absolute Gasteiger partial charge is 0.369 e. The van der Waals surface area contributed by atoms with Crippen LogP contribution in [0.15, 0.2) is 48.7 Å². The summed E-state index contributed by atoms with van der Waals surface area (Å²) in [4.78, 5) is 17.0. The maximum absolute atomic E-state index is 14.1. The topological polar surface area (TPSA) is 42.0 Å². The number of hydrogen-bond acceptors (Lipinski definition) is 3. The Labute approximate surface area is 151 Å². The summed E-state index contributed by atoms with van der Waals surface area (Å²) in [6.45, 7) is 0.117. The van der Waals surface area contributed by atoms with Crippen LogP contribution in [0, 0.1) is 23.3 Å². The molecule has 1 aromatic heterocycles. The summed E-state index contributed by atoms with van der Waals surface area (Å²) in [6.07, 6.45) is 1.44. The molecule has 1 aliphatic rings. The van der Waals surface area contributed by atoms with Gasteiger partial charge in [-0.2, -0.15) is 0 Å². The van der Waals surface area contributed by atoms with Gasteiger partial charge in [0.15, 0.2) is 5.78 Å². The van der Waals surface area contributed by atoms with Gasteiger partial charge in [0.05, 0.1) is 11.5 Å². The number of ketones is 1. The van der Waals surface area contributed by atoms with Crippen molar-refractivity contribution in [2.24, 2.45) is 0 Å². The molecule has 0 spiro atoms. The number of carbonyl (C=O) groups is 1. The molecule has 7 heteroatoms. The molecule has 0 saturated carbocycles. The van der Waals surface area contributed by atoms with Gasteiger partial charge in [-0.05, 0) is 47.5 Å². The molecule has 0 bridgehead atoms. The van der Waals surface area contributed by atoms with Gasteiger partial charge in [0.25, 0.3) is 0 Å². The molecule has 0 aliphatic carbocycles. The second kappa shape index (κ2) is 6.50. The van der Waals surface area contributed by atoms with Crippen LogP contribution in [0.1, 0.15) is 21.8 Å². The lowest BCUT2D eigenvalue weighted by molar-refractivity contribution is 0.0962. The predicted molar refractivity (Wildman–Crippen MR) is 91.5 cm³/mol. The number of Topliss-reactive ketones (excluding diaryl/α,β-unsaturated/α-hetero) is 1. The van der Waals surface area contributed by atoms with E-state index >= 15 is 0 Å². The molecule has 4 rings (SSSR count). The molecule has 0 saturated heterocycles. The van der Waals surface area contributed by atoms with Crippen LogP contribution < -0.4 is 5.32 Å². The van der Waals surface area contributed by atoms with Crippen molar-refractivity contribution in [1.82, 2.24) is 4.98 Å². The second-order valence-corrected chi connectivity index (χ2v) is 6.20. The average Bonchev–Trinajstić information content (AvgIpc) is 3.06. The van der Waals surface area contributed by atoms with Crippen LogP contribution in [0.25, 0.3) is 11.1 Å². The molecule has 1 N–H and O–H groups in total. The number of aromatic nitrogens is 1. The molecule has 1 atom stereocenters. The van der Waals surface area contributed by atoms with Gasteiger partial charge in [0.2, 0.25) is 0 Å². The van der Waals surface area contributed by atoms with E-state index in [2.05, 4.69) is 10.3 Å². The number of hydrogen-bond donors (Lipinski definition) is 1. The van der Waals surface area contributed by atoms with Crippen molar-refractivity contribution in [3.05, 3.63) is 83.1 Å². The van der Waals surface area contributed by atoms with Crippen LogP contribution in [0.5, 0.6) is 0 Å². The minimum atomic E-state index is -0.869. The highest BCUT2D eigenvalue weighted by atomic mass is 19.1. The highest BCUT2D eigenvalue weighted by molar-refractivity contribution is 6.04. The molecule has 2 aromatic carbocycles. The van der Waals surface area contributed by atoms with Gasteiger partial charge >= 0.3 is 0 Å². The number of nitrogens with zero attached hydrogens (tertiary/aromatic N) is 1. The first kappa shape index (κ1) is 17.2. The molecule has 2 heterocycles. The Morgan fingerprint density at radius 1 is 0.963 bits per heavy atom. The summed E-state index contributed by atoms with van der Waals surface area (Å²) in [7, 11) is 0. The van der Waals surface area contributed by atoms with Crippen LogP contribution in [0.4, 0.5) is 23.4 Å². The Morgan fingerprint density at radius 2 is 1.70 bits per heavy atom. The van der Waals surface area contributed by atoms with E-state index in [1.165, 1.54) is 12.3 Å². The molecule has 0 radical (unpaired) electrons. The number of halogens is 4. The molecule has 27 heavy (non-hydrogen) atoms. The van der Waals surface area contributed by atoms with Crippen LogP contribution in [-0.2, 0) is 0 Å². The minimum Gasteiger partial charge on any atom is -0.369 e. The third kappa shape index (κ3) is 3.05. The Kier molecular flexibility index (Phi) is 4.14. The summed E-state index contributed by atoms with van der Waals surface area (Å²) < 4.78 is 54.9. The molecule has 1 aliphatic heterocycles. The number of benzene rings is 2. The lowest BCUT2D eigenvalue weighted by Crippen LogP contribution is -2.17. The van der Waals surface area contributed by atoms with E-state index in [1.807, 2.05) is 0 Å². The van der Waals surface area contributed by atoms with Crippen LogP contribution in [0.2, 0.25) is 0 Å². The summed E-state index contributed by atoms with van der Waals surface area (Å²) in [6, 6.07) is 7.21. The normalized spacial score (nSPS) is 15.3. The zero-order valence-electron chi connectivity index (χ0n) is 13.8. The fraction of sp³-hybridized carbons (Fsp3) is 0.100. The van der Waals surface area contributed by atoms with E-state index in [-0.39, 0.29) is 17.7 Å². The van der Waals surface area contributed by atoms with Crippen molar-refractivity contribution in [2.75, 3.05) is 11.9 Å². The fourth-order valence-electron chi connectivity index (χ4n) is 3.33. The molecule has 0 fully saturated rings. The summed E-state index contributed by atoms with van der Waals surface area (Å²) in [5.74, 6) is -4.23. The van der Waals surface area contributed by atoms with Gasteiger partial charge in [0.1, 0.15) is 29.1 Å². The van der Waals surface area contributed by atoms with Gasteiger partial charge < -0.3 is 5.32 Å². The summed E-state index contributed by atoms with van der Waals surface area (Å²) >= 11 is 0.